The van der Waals surface area contributed by atoms with Gasteiger partial charge in [0.15, 0.2) is 0 Å². The minimum Gasteiger partial charge on any atom is -0.496 e. The number of carbonyl (C=O) groups excluding carboxylic acids is 3. The molecule has 0 radical (unpaired) electrons. The molecule has 0 bridgehead atoms. The van der Waals surface area contributed by atoms with Crippen molar-refractivity contribution in [2.45, 2.75) is 19.3 Å². The van der Waals surface area contributed by atoms with Gasteiger partial charge in [0.05, 0.1) is 23.8 Å². The molecule has 1 aromatic carbocycles. The molecule has 0 unspecified atom stereocenters. The molecule has 1 aliphatic rings. The van der Waals surface area contributed by atoms with Crippen molar-refractivity contribution in [2.75, 3.05) is 40.1 Å². The maximum Gasteiger partial charge on any atom is 0.294 e. The number of rotatable bonds is 6. The number of nitrogens with two attached hydrogens (primary N) is 1. The van der Waals surface area contributed by atoms with Crippen LogP contribution in [0.2, 0.25) is 0 Å². The fourth-order valence-electron chi connectivity index (χ4n) is 4.36. The van der Waals surface area contributed by atoms with Gasteiger partial charge < -0.3 is 20.4 Å². The van der Waals surface area contributed by atoms with Crippen LogP contribution in [0.4, 0.5) is 0 Å². The van der Waals surface area contributed by atoms with E-state index < -0.39 is 11.7 Å². The molecule has 1 saturated heterocycles. The molecule has 1 aliphatic heterocycles. The zero-order chi connectivity index (χ0) is 23.7. The summed E-state index contributed by atoms with van der Waals surface area (Å²) < 4.78 is 6.77. The molecule has 4 rings (SSSR count). The SMILES string of the molecule is COc1cc2c(cc1C(=O)N1CCC(Cc3ccsc3)CC1)c(C(=O)C(=O)N(C)C)cn2N. The van der Waals surface area contributed by atoms with E-state index in [9.17, 15) is 14.4 Å². The van der Waals surface area contributed by atoms with Gasteiger partial charge in [-0.3, -0.25) is 19.1 Å². The molecular weight excluding hydrogens is 440 g/mol. The summed E-state index contributed by atoms with van der Waals surface area (Å²) in [5, 5.41) is 4.73. The summed E-state index contributed by atoms with van der Waals surface area (Å²) >= 11 is 1.71. The Hall–Kier alpha value is -3.33. The lowest BCUT2D eigenvalue weighted by atomic mass is 9.91. The van der Waals surface area contributed by atoms with Crippen LogP contribution in [-0.4, -0.2) is 66.4 Å². The number of nitrogen functional groups attached to an aromatic ring is 1. The van der Waals surface area contributed by atoms with Crippen LogP contribution >= 0.6 is 11.3 Å². The van der Waals surface area contributed by atoms with Crippen molar-refractivity contribution in [1.82, 2.24) is 14.5 Å². The minimum absolute atomic E-state index is 0.148. The summed E-state index contributed by atoms with van der Waals surface area (Å²) in [5.41, 5.74) is 2.39. The van der Waals surface area contributed by atoms with Crippen LogP contribution in [0.1, 0.15) is 39.1 Å². The number of piperidine rings is 1. The first-order valence-electron chi connectivity index (χ1n) is 10.8. The summed E-state index contributed by atoms with van der Waals surface area (Å²) in [4.78, 5) is 41.5. The molecule has 9 heteroatoms. The maximum atomic E-state index is 13.4. The number of carbonyl (C=O) groups is 3. The molecule has 3 heterocycles. The minimum atomic E-state index is -0.674. The number of fused-ring (bicyclic) bond motifs is 1. The first-order chi connectivity index (χ1) is 15.8. The Kier molecular flexibility index (Phi) is 6.42. The van der Waals surface area contributed by atoms with Crippen molar-refractivity contribution in [3.8, 4) is 5.75 Å². The number of likely N-dealkylation sites (N-methyl/N-ethyl adjacent to an activating group) is 1. The Morgan fingerprint density at radius 3 is 2.52 bits per heavy atom. The molecule has 1 fully saturated rings. The van der Waals surface area contributed by atoms with Crippen molar-refractivity contribution < 1.29 is 19.1 Å². The Morgan fingerprint density at radius 1 is 1.18 bits per heavy atom. The molecule has 2 aromatic heterocycles. The van der Waals surface area contributed by atoms with E-state index in [0.717, 1.165) is 19.3 Å². The van der Waals surface area contributed by atoms with Gasteiger partial charge in [-0.1, -0.05) is 0 Å². The molecule has 2 N–H and O–H groups in total. The van der Waals surface area contributed by atoms with Crippen molar-refractivity contribution >= 4 is 39.8 Å². The van der Waals surface area contributed by atoms with Gasteiger partial charge in [0.25, 0.3) is 17.6 Å². The average molecular weight is 469 g/mol. The molecule has 33 heavy (non-hydrogen) atoms. The monoisotopic (exact) mass is 468 g/mol. The third kappa shape index (κ3) is 4.45. The summed E-state index contributed by atoms with van der Waals surface area (Å²) in [6.07, 6.45) is 4.33. The Bertz CT molecular complexity index is 1190. The number of methoxy groups -OCH3 is 1. The summed E-state index contributed by atoms with van der Waals surface area (Å²) in [6.45, 7) is 1.33. The second kappa shape index (κ2) is 9.27. The summed E-state index contributed by atoms with van der Waals surface area (Å²) in [5.74, 6) is 5.51. The predicted octanol–water partition coefficient (Wildman–Crippen LogP) is 2.79. The van der Waals surface area contributed by atoms with Gasteiger partial charge in [-0.05, 0) is 53.6 Å². The number of hydrogen-bond donors (Lipinski definition) is 1. The second-order valence-electron chi connectivity index (χ2n) is 8.62. The lowest BCUT2D eigenvalue weighted by Gasteiger charge is -2.32. The third-order valence-corrected chi connectivity index (χ3v) is 6.97. The molecule has 0 saturated carbocycles. The quantitative estimate of drug-likeness (QED) is 0.341. The number of aromatic nitrogens is 1. The van der Waals surface area contributed by atoms with E-state index in [1.807, 2.05) is 4.90 Å². The van der Waals surface area contributed by atoms with Gasteiger partial charge in [0, 0.05) is 44.8 Å². The zero-order valence-electron chi connectivity index (χ0n) is 19.0. The van der Waals surface area contributed by atoms with E-state index in [2.05, 4.69) is 16.8 Å². The Morgan fingerprint density at radius 2 is 1.91 bits per heavy atom. The number of Topliss-reactive ketones (excluding diaryl/α,β-unsaturated/α-hetero) is 1. The third-order valence-electron chi connectivity index (χ3n) is 6.24. The molecule has 0 spiro atoms. The van der Waals surface area contributed by atoms with Crippen molar-refractivity contribution in [1.29, 1.82) is 0 Å². The zero-order valence-corrected chi connectivity index (χ0v) is 19.9. The van der Waals surface area contributed by atoms with Crippen molar-refractivity contribution in [2.24, 2.45) is 5.92 Å². The Labute approximate surface area is 196 Å². The van der Waals surface area contributed by atoms with E-state index in [0.29, 0.717) is 41.2 Å². The molecule has 0 atom stereocenters. The standard InChI is InChI=1S/C24H28N4O4S/c1-26(2)24(31)22(29)19-13-28(25)20-12-21(32-3)18(11-17(19)20)23(30)27-7-4-15(5-8-27)10-16-6-9-33-14-16/h6,9,11-15H,4-5,7-8,10,25H2,1-3H3. The number of ketones is 1. The lowest BCUT2D eigenvalue weighted by molar-refractivity contribution is -0.124. The lowest BCUT2D eigenvalue weighted by Crippen LogP contribution is -2.39. The normalized spacial score (nSPS) is 14.5. The van der Waals surface area contributed by atoms with Crippen LogP contribution in [0.15, 0.2) is 35.2 Å². The number of ether oxygens (including phenoxy) is 1. The molecular formula is C24H28N4O4S. The molecule has 174 valence electrons. The number of likely N-dealkylation sites (tertiary alicyclic amines) is 1. The Balaban J connectivity index is 1.60. The van der Waals surface area contributed by atoms with Gasteiger partial charge in [0.1, 0.15) is 5.75 Å². The molecule has 0 aliphatic carbocycles. The molecule has 3 aromatic rings. The van der Waals surface area contributed by atoms with E-state index in [1.165, 1.54) is 42.5 Å². The molecule has 8 nitrogen and oxygen atoms in total. The van der Waals surface area contributed by atoms with Crippen molar-refractivity contribution in [3.05, 3.63) is 51.8 Å². The molecule has 2 amide bonds. The van der Waals surface area contributed by atoms with Gasteiger partial charge >= 0.3 is 0 Å². The van der Waals surface area contributed by atoms with Gasteiger partial charge in [-0.2, -0.15) is 11.3 Å². The van der Waals surface area contributed by atoms with E-state index >= 15 is 0 Å². The van der Waals surface area contributed by atoms with Crippen LogP contribution in [0.5, 0.6) is 5.75 Å². The largest absolute Gasteiger partial charge is 0.496 e. The number of nitrogens with zero attached hydrogens (tertiary/aromatic N) is 3. The highest BCUT2D eigenvalue weighted by Gasteiger charge is 2.28. The van der Waals surface area contributed by atoms with Gasteiger partial charge in [0.2, 0.25) is 0 Å². The van der Waals surface area contributed by atoms with Crippen molar-refractivity contribution in [3.63, 3.8) is 0 Å². The number of hydrogen-bond acceptors (Lipinski definition) is 6. The van der Waals surface area contributed by atoms with Gasteiger partial charge in [-0.15, -0.1) is 0 Å². The summed E-state index contributed by atoms with van der Waals surface area (Å²) in [6, 6.07) is 5.42. The maximum absolute atomic E-state index is 13.4. The van der Waals surface area contributed by atoms with Gasteiger partial charge in [-0.25, -0.2) is 0 Å². The predicted molar refractivity (Wildman–Crippen MR) is 128 cm³/mol. The fourth-order valence-corrected chi connectivity index (χ4v) is 5.05. The highest BCUT2D eigenvalue weighted by atomic mass is 32.1. The van der Waals surface area contributed by atoms with E-state index in [-0.39, 0.29) is 11.5 Å². The number of thiophene rings is 1. The first kappa shape index (κ1) is 22.8. The number of amides is 2. The number of benzene rings is 1. The van der Waals surface area contributed by atoms with Crippen LogP contribution in [-0.2, 0) is 11.2 Å². The average Bonchev–Trinajstić information content (AvgIpc) is 3.44. The topological polar surface area (TPSA) is 97.9 Å². The smallest absolute Gasteiger partial charge is 0.294 e. The van der Waals surface area contributed by atoms with Crippen LogP contribution in [0.25, 0.3) is 10.9 Å². The highest BCUT2D eigenvalue weighted by molar-refractivity contribution is 7.07. The highest BCUT2D eigenvalue weighted by Crippen LogP contribution is 2.31. The first-order valence-corrected chi connectivity index (χ1v) is 11.8. The van der Waals surface area contributed by atoms with Crippen LogP contribution in [0, 0.1) is 5.92 Å². The van der Waals surface area contributed by atoms with Crippen LogP contribution < -0.4 is 10.6 Å². The second-order valence-corrected chi connectivity index (χ2v) is 9.40. The van der Waals surface area contributed by atoms with Crippen LogP contribution in [0.3, 0.4) is 0 Å². The van der Waals surface area contributed by atoms with E-state index in [1.54, 1.807) is 23.5 Å². The van der Waals surface area contributed by atoms with E-state index in [4.69, 9.17) is 10.6 Å². The summed E-state index contributed by atoms with van der Waals surface area (Å²) in [7, 11) is 4.53. The fraction of sp³-hybridized carbons (Fsp3) is 0.375.